The molecule has 3 aromatic rings. The van der Waals surface area contributed by atoms with Crippen LogP contribution in [0.3, 0.4) is 0 Å². The highest BCUT2D eigenvalue weighted by Crippen LogP contribution is 2.33. The van der Waals surface area contributed by atoms with Gasteiger partial charge in [0.2, 0.25) is 5.91 Å². The average molecular weight is 546 g/mol. The monoisotopic (exact) mass is 545 g/mol. The summed E-state index contributed by atoms with van der Waals surface area (Å²) in [4.78, 5) is 23.5. The van der Waals surface area contributed by atoms with Gasteiger partial charge >= 0.3 is 0 Å². The van der Waals surface area contributed by atoms with Crippen molar-refractivity contribution in [1.82, 2.24) is 14.9 Å². The standard InChI is InChI=1S/C25H29ClFN5O2.2C2H6/c1-4-6-11-32(5-2)12-7-8-24(33)31-22-14-18-21(15-23(22)34-3)28-16-29-25(18)30-17-9-10-20(27)19(26)13-17;2*1-2/h7-10,13-16H,4-6,11-12H2,1-3H3,(H,31,33)(H,28,29,30);2*1-2H3/b8-7+;;. The van der Waals surface area contributed by atoms with Crippen molar-refractivity contribution in [2.24, 2.45) is 0 Å². The van der Waals surface area contributed by atoms with Crippen molar-refractivity contribution in [3.63, 3.8) is 0 Å². The molecule has 2 N–H and O–H groups in total. The van der Waals surface area contributed by atoms with Crippen LogP contribution in [-0.2, 0) is 4.79 Å². The molecule has 38 heavy (non-hydrogen) atoms. The number of unbranched alkanes of at least 4 members (excludes halogenated alkanes) is 1. The summed E-state index contributed by atoms with van der Waals surface area (Å²) in [6.07, 6.45) is 7.06. The normalized spacial score (nSPS) is 10.5. The molecule has 3 rings (SSSR count). The number of carbonyl (C=O) groups is 1. The summed E-state index contributed by atoms with van der Waals surface area (Å²) >= 11 is 5.89. The molecule has 1 aromatic heterocycles. The Morgan fingerprint density at radius 3 is 2.50 bits per heavy atom. The van der Waals surface area contributed by atoms with E-state index in [1.54, 1.807) is 18.2 Å². The number of nitrogens with one attached hydrogen (secondary N) is 2. The highest BCUT2D eigenvalue weighted by Gasteiger charge is 2.13. The van der Waals surface area contributed by atoms with E-state index in [2.05, 4.69) is 39.3 Å². The largest absolute Gasteiger partial charge is 0.494 e. The molecule has 0 saturated heterocycles. The molecule has 0 aliphatic carbocycles. The third-order valence-electron chi connectivity index (χ3n) is 5.30. The maximum atomic E-state index is 13.5. The Morgan fingerprint density at radius 1 is 1.13 bits per heavy atom. The van der Waals surface area contributed by atoms with E-state index in [-0.39, 0.29) is 10.9 Å². The molecule has 2 aromatic carbocycles. The van der Waals surface area contributed by atoms with Gasteiger partial charge in [-0.15, -0.1) is 0 Å². The van der Waals surface area contributed by atoms with Crippen molar-refractivity contribution >= 4 is 45.6 Å². The average Bonchev–Trinajstić information content (AvgIpc) is 2.94. The number of methoxy groups -OCH3 is 1. The number of benzene rings is 2. The van der Waals surface area contributed by atoms with Gasteiger partial charge in [-0.2, -0.15) is 0 Å². The lowest BCUT2D eigenvalue weighted by atomic mass is 10.1. The van der Waals surface area contributed by atoms with E-state index in [0.717, 1.165) is 25.9 Å². The second-order valence-electron chi connectivity index (χ2n) is 7.68. The fraction of sp³-hybridized carbons (Fsp3) is 0.414. The third kappa shape index (κ3) is 9.91. The molecule has 208 valence electrons. The van der Waals surface area contributed by atoms with E-state index < -0.39 is 5.82 Å². The van der Waals surface area contributed by atoms with Gasteiger partial charge in [-0.05, 0) is 43.8 Å². The molecule has 9 heteroatoms. The van der Waals surface area contributed by atoms with Crippen LogP contribution in [-0.4, -0.2) is 47.5 Å². The molecule has 1 heterocycles. The Morgan fingerprint density at radius 2 is 1.87 bits per heavy atom. The zero-order valence-corrected chi connectivity index (χ0v) is 24.3. The van der Waals surface area contributed by atoms with Crippen molar-refractivity contribution in [3.8, 4) is 5.75 Å². The predicted molar refractivity (Wildman–Crippen MR) is 158 cm³/mol. The number of fused-ring (bicyclic) bond motifs is 1. The van der Waals surface area contributed by atoms with E-state index >= 15 is 0 Å². The van der Waals surface area contributed by atoms with Gasteiger partial charge in [0.05, 0.1) is 23.3 Å². The smallest absolute Gasteiger partial charge is 0.248 e. The second-order valence-corrected chi connectivity index (χ2v) is 8.09. The molecule has 0 unspecified atom stereocenters. The number of ether oxygens (including phenoxy) is 1. The van der Waals surface area contributed by atoms with Gasteiger partial charge in [0.1, 0.15) is 23.7 Å². The molecular weight excluding hydrogens is 505 g/mol. The molecule has 0 fully saturated rings. The van der Waals surface area contributed by atoms with Gasteiger partial charge in [0, 0.05) is 29.8 Å². The van der Waals surface area contributed by atoms with Crippen molar-refractivity contribution in [2.45, 2.75) is 54.4 Å². The molecule has 0 saturated carbocycles. The Bertz CT molecular complexity index is 1170. The molecule has 0 radical (unpaired) electrons. The summed E-state index contributed by atoms with van der Waals surface area (Å²) in [7, 11) is 1.53. The summed E-state index contributed by atoms with van der Waals surface area (Å²) in [5, 5.41) is 6.65. The first-order chi connectivity index (χ1) is 18.4. The fourth-order valence-corrected chi connectivity index (χ4v) is 3.58. The number of amides is 1. The summed E-state index contributed by atoms with van der Waals surface area (Å²) in [5.74, 6) is 0.189. The van der Waals surface area contributed by atoms with Gasteiger partial charge in [-0.25, -0.2) is 14.4 Å². The highest BCUT2D eigenvalue weighted by molar-refractivity contribution is 6.31. The Hall–Kier alpha value is -3.23. The topological polar surface area (TPSA) is 79.4 Å². The second kappa shape index (κ2) is 18.1. The number of nitrogens with zero attached hydrogens (tertiary/aromatic N) is 3. The zero-order valence-electron chi connectivity index (χ0n) is 23.6. The lowest BCUT2D eigenvalue weighted by molar-refractivity contribution is -0.111. The van der Waals surface area contributed by atoms with E-state index in [0.29, 0.717) is 40.4 Å². The minimum absolute atomic E-state index is 0.00102. The van der Waals surface area contributed by atoms with Gasteiger partial charge in [-0.1, -0.05) is 65.6 Å². The molecule has 7 nitrogen and oxygen atoms in total. The van der Waals surface area contributed by atoms with Crippen LogP contribution in [0.15, 0.2) is 48.8 Å². The Labute approximate surface area is 231 Å². The van der Waals surface area contributed by atoms with Gasteiger partial charge in [-0.3, -0.25) is 9.69 Å². The van der Waals surface area contributed by atoms with Crippen molar-refractivity contribution in [1.29, 1.82) is 0 Å². The number of aromatic nitrogens is 2. The molecule has 0 atom stereocenters. The van der Waals surface area contributed by atoms with Crippen LogP contribution in [0.1, 0.15) is 54.4 Å². The quantitative estimate of drug-likeness (QED) is 0.239. The summed E-state index contributed by atoms with van der Waals surface area (Å²) in [6, 6.07) is 7.78. The first-order valence-corrected chi connectivity index (χ1v) is 13.6. The maximum absolute atomic E-state index is 13.5. The van der Waals surface area contributed by atoms with Crippen molar-refractivity contribution < 1.29 is 13.9 Å². The van der Waals surface area contributed by atoms with Crippen molar-refractivity contribution in [3.05, 3.63) is 59.7 Å². The lowest BCUT2D eigenvalue weighted by Crippen LogP contribution is -2.24. The molecule has 0 bridgehead atoms. The summed E-state index contributed by atoms with van der Waals surface area (Å²) in [6.45, 7) is 14.9. The zero-order chi connectivity index (χ0) is 28.5. The van der Waals surface area contributed by atoms with E-state index in [9.17, 15) is 9.18 Å². The first-order valence-electron chi connectivity index (χ1n) is 13.2. The van der Waals surface area contributed by atoms with Crippen LogP contribution in [0, 0.1) is 5.82 Å². The van der Waals surface area contributed by atoms with E-state index in [4.69, 9.17) is 16.3 Å². The number of rotatable bonds is 11. The van der Waals surface area contributed by atoms with Crippen LogP contribution in [0.5, 0.6) is 5.75 Å². The minimum atomic E-state index is -0.505. The Kier molecular flexibility index (Phi) is 15.6. The maximum Gasteiger partial charge on any atom is 0.248 e. The van der Waals surface area contributed by atoms with Crippen LogP contribution < -0.4 is 15.4 Å². The van der Waals surface area contributed by atoms with Crippen molar-refractivity contribution in [2.75, 3.05) is 37.4 Å². The third-order valence-corrected chi connectivity index (χ3v) is 5.59. The number of hydrogen-bond acceptors (Lipinski definition) is 6. The molecular formula is C29H41ClFN5O2. The number of hydrogen-bond donors (Lipinski definition) is 2. The highest BCUT2D eigenvalue weighted by atomic mass is 35.5. The minimum Gasteiger partial charge on any atom is -0.494 e. The van der Waals surface area contributed by atoms with E-state index in [1.165, 1.54) is 31.6 Å². The fourth-order valence-electron chi connectivity index (χ4n) is 3.40. The van der Waals surface area contributed by atoms with Gasteiger partial charge in [0.25, 0.3) is 0 Å². The summed E-state index contributed by atoms with van der Waals surface area (Å²) < 4.78 is 19.0. The summed E-state index contributed by atoms with van der Waals surface area (Å²) in [5.41, 5.74) is 1.67. The van der Waals surface area contributed by atoms with Gasteiger partial charge < -0.3 is 15.4 Å². The predicted octanol–water partition coefficient (Wildman–Crippen LogP) is 7.84. The number of halogens is 2. The first kappa shape index (κ1) is 32.8. The van der Waals surface area contributed by atoms with Gasteiger partial charge in [0.15, 0.2) is 0 Å². The van der Waals surface area contributed by atoms with Crippen LogP contribution in [0.4, 0.5) is 21.6 Å². The Balaban J connectivity index is 0.00000172. The molecule has 0 aliphatic rings. The number of carbonyl (C=O) groups excluding carboxylic acids is 1. The lowest BCUT2D eigenvalue weighted by Gasteiger charge is -2.17. The van der Waals surface area contributed by atoms with Crippen LogP contribution >= 0.6 is 11.6 Å². The number of anilines is 3. The van der Waals surface area contributed by atoms with Crippen LogP contribution in [0.25, 0.3) is 10.9 Å². The molecule has 0 spiro atoms. The number of likely N-dealkylation sites (N-methyl/N-ethyl adjacent to an activating group) is 1. The van der Waals surface area contributed by atoms with Crippen LogP contribution in [0.2, 0.25) is 5.02 Å². The van der Waals surface area contributed by atoms with E-state index in [1.807, 2.05) is 33.8 Å². The SMILES string of the molecule is CC.CC.CCCCN(CC)C/C=C/C(=O)Nc1cc2c(Nc3ccc(F)c(Cl)c3)ncnc2cc1OC. The molecule has 1 amide bonds. The molecule has 0 aliphatic heterocycles.